The van der Waals surface area contributed by atoms with Gasteiger partial charge in [0.05, 0.1) is 0 Å². The summed E-state index contributed by atoms with van der Waals surface area (Å²) in [5.74, 6) is 0.652. The van der Waals surface area contributed by atoms with E-state index in [1.54, 1.807) is 0 Å². The molecule has 1 atom stereocenters. The predicted octanol–water partition coefficient (Wildman–Crippen LogP) is 3.43. The first kappa shape index (κ1) is 14.0. The summed E-state index contributed by atoms with van der Waals surface area (Å²) >= 11 is 0. The van der Waals surface area contributed by atoms with Gasteiger partial charge in [-0.3, -0.25) is 4.90 Å². The number of hydrogen-bond acceptors (Lipinski definition) is 2. The van der Waals surface area contributed by atoms with Crippen LogP contribution in [0.2, 0.25) is 0 Å². The van der Waals surface area contributed by atoms with Gasteiger partial charge >= 0.3 is 0 Å². The quantitative estimate of drug-likeness (QED) is 0.888. The summed E-state index contributed by atoms with van der Waals surface area (Å²) in [6.07, 6.45) is 0. The fourth-order valence-corrected chi connectivity index (χ4v) is 2.69. The first-order chi connectivity index (χ1) is 9.11. The van der Waals surface area contributed by atoms with Crippen molar-refractivity contribution in [2.75, 3.05) is 20.1 Å². The van der Waals surface area contributed by atoms with Crippen LogP contribution >= 0.6 is 0 Å². The normalized spacial score (nSPS) is 13.4. The Bertz CT molecular complexity index is 534. The molecule has 19 heavy (non-hydrogen) atoms. The number of hydrogen-bond donors (Lipinski definition) is 1. The first-order valence-electron chi connectivity index (χ1n) is 7.01. The van der Waals surface area contributed by atoms with Crippen LogP contribution in [0.3, 0.4) is 0 Å². The lowest BCUT2D eigenvalue weighted by molar-refractivity contribution is 0.224. The Kier molecular flexibility index (Phi) is 4.56. The predicted molar refractivity (Wildman–Crippen MR) is 83.2 cm³/mol. The molecule has 0 amide bonds. The van der Waals surface area contributed by atoms with E-state index in [0.29, 0.717) is 18.5 Å². The average molecular weight is 256 g/mol. The fourth-order valence-electron chi connectivity index (χ4n) is 2.69. The highest BCUT2D eigenvalue weighted by molar-refractivity contribution is 5.83. The van der Waals surface area contributed by atoms with Gasteiger partial charge in [0, 0.05) is 19.1 Å². The number of nitrogens with two attached hydrogens (primary N) is 1. The van der Waals surface area contributed by atoms with E-state index >= 15 is 0 Å². The van der Waals surface area contributed by atoms with Crippen LogP contribution in [0.5, 0.6) is 0 Å². The lowest BCUT2D eigenvalue weighted by atomic mass is 10.0. The van der Waals surface area contributed by atoms with Crippen LogP contribution in [-0.2, 0) is 0 Å². The van der Waals surface area contributed by atoms with E-state index in [-0.39, 0.29) is 0 Å². The van der Waals surface area contributed by atoms with E-state index in [4.69, 9.17) is 5.73 Å². The third-order valence-electron chi connectivity index (χ3n) is 3.57. The molecule has 0 aliphatic heterocycles. The highest BCUT2D eigenvalue weighted by atomic mass is 15.1. The van der Waals surface area contributed by atoms with Gasteiger partial charge in [-0.15, -0.1) is 0 Å². The van der Waals surface area contributed by atoms with Gasteiger partial charge in [-0.25, -0.2) is 0 Å². The van der Waals surface area contributed by atoms with Crippen molar-refractivity contribution in [3.05, 3.63) is 48.0 Å². The van der Waals surface area contributed by atoms with Gasteiger partial charge in [-0.2, -0.15) is 0 Å². The van der Waals surface area contributed by atoms with Gasteiger partial charge in [-0.05, 0) is 35.4 Å². The summed E-state index contributed by atoms with van der Waals surface area (Å²) in [5, 5.41) is 2.57. The van der Waals surface area contributed by atoms with Crippen molar-refractivity contribution in [3.63, 3.8) is 0 Å². The van der Waals surface area contributed by atoms with Crippen LogP contribution in [0.1, 0.15) is 25.5 Å². The Morgan fingerprint density at radius 1 is 1.05 bits per heavy atom. The zero-order chi connectivity index (χ0) is 13.8. The summed E-state index contributed by atoms with van der Waals surface area (Å²) in [6.45, 7) is 6.20. The number of benzene rings is 2. The Hall–Kier alpha value is -1.38. The van der Waals surface area contributed by atoms with Crippen molar-refractivity contribution in [2.45, 2.75) is 19.9 Å². The Labute approximate surface area is 116 Å². The molecule has 0 saturated carbocycles. The number of rotatable bonds is 5. The van der Waals surface area contributed by atoms with Crippen molar-refractivity contribution in [2.24, 2.45) is 11.7 Å². The molecular weight excluding hydrogens is 232 g/mol. The average Bonchev–Trinajstić information content (AvgIpc) is 2.38. The third kappa shape index (κ3) is 3.34. The Morgan fingerprint density at radius 2 is 1.74 bits per heavy atom. The molecule has 2 aromatic carbocycles. The molecule has 0 aliphatic carbocycles. The van der Waals surface area contributed by atoms with Gasteiger partial charge < -0.3 is 5.73 Å². The van der Waals surface area contributed by atoms with Crippen LogP contribution in [0.25, 0.3) is 10.8 Å². The molecular formula is C17H24N2. The Morgan fingerprint density at radius 3 is 2.37 bits per heavy atom. The van der Waals surface area contributed by atoms with Gasteiger partial charge in [0.1, 0.15) is 0 Å². The lowest BCUT2D eigenvalue weighted by Crippen LogP contribution is -2.33. The molecule has 102 valence electrons. The molecule has 2 aromatic rings. The molecule has 1 unspecified atom stereocenters. The second-order valence-electron chi connectivity index (χ2n) is 5.69. The molecule has 2 rings (SSSR count). The van der Waals surface area contributed by atoms with Gasteiger partial charge in [0.25, 0.3) is 0 Å². The van der Waals surface area contributed by atoms with Crippen molar-refractivity contribution >= 4 is 10.8 Å². The fraction of sp³-hybridized carbons (Fsp3) is 0.412. The van der Waals surface area contributed by atoms with Crippen molar-refractivity contribution < 1.29 is 0 Å². The maximum Gasteiger partial charge on any atom is 0.0467 e. The topological polar surface area (TPSA) is 29.3 Å². The minimum atomic E-state index is 0.298. The SMILES string of the molecule is CC(C)CN(C)C(CN)c1ccc2ccccc2c1. The zero-order valence-corrected chi connectivity index (χ0v) is 12.1. The van der Waals surface area contributed by atoms with E-state index in [9.17, 15) is 0 Å². The number of fused-ring (bicyclic) bond motifs is 1. The van der Waals surface area contributed by atoms with E-state index in [1.807, 2.05) is 0 Å². The van der Waals surface area contributed by atoms with Crippen LogP contribution in [0.15, 0.2) is 42.5 Å². The highest BCUT2D eigenvalue weighted by Crippen LogP contribution is 2.23. The van der Waals surface area contributed by atoms with Gasteiger partial charge in [0.2, 0.25) is 0 Å². The lowest BCUT2D eigenvalue weighted by Gasteiger charge is -2.29. The summed E-state index contributed by atoms with van der Waals surface area (Å²) in [4.78, 5) is 2.36. The molecule has 0 fully saturated rings. The molecule has 0 aromatic heterocycles. The maximum absolute atomic E-state index is 5.98. The second kappa shape index (κ2) is 6.18. The first-order valence-corrected chi connectivity index (χ1v) is 7.01. The smallest absolute Gasteiger partial charge is 0.0467 e. The monoisotopic (exact) mass is 256 g/mol. The molecule has 0 heterocycles. The van der Waals surface area contributed by atoms with E-state index in [2.05, 4.69) is 68.3 Å². The summed E-state index contributed by atoms with van der Waals surface area (Å²) < 4.78 is 0. The molecule has 0 saturated heterocycles. The van der Waals surface area contributed by atoms with Crippen molar-refractivity contribution in [3.8, 4) is 0 Å². The maximum atomic E-state index is 5.98. The molecule has 2 nitrogen and oxygen atoms in total. The summed E-state index contributed by atoms with van der Waals surface area (Å²) in [7, 11) is 2.16. The largest absolute Gasteiger partial charge is 0.329 e. The molecule has 0 radical (unpaired) electrons. The second-order valence-corrected chi connectivity index (χ2v) is 5.69. The number of likely N-dealkylation sites (N-methyl/N-ethyl adjacent to an activating group) is 1. The molecule has 0 bridgehead atoms. The minimum Gasteiger partial charge on any atom is -0.329 e. The highest BCUT2D eigenvalue weighted by Gasteiger charge is 2.16. The summed E-state index contributed by atoms with van der Waals surface area (Å²) in [5.41, 5.74) is 7.29. The van der Waals surface area contributed by atoms with Gasteiger partial charge in [0.15, 0.2) is 0 Å². The number of nitrogens with zero attached hydrogens (tertiary/aromatic N) is 1. The third-order valence-corrected chi connectivity index (χ3v) is 3.57. The van der Waals surface area contributed by atoms with Crippen molar-refractivity contribution in [1.82, 2.24) is 4.90 Å². The summed E-state index contributed by atoms with van der Waals surface area (Å²) in [6, 6.07) is 15.4. The van der Waals surface area contributed by atoms with E-state index in [1.165, 1.54) is 16.3 Å². The van der Waals surface area contributed by atoms with Crippen molar-refractivity contribution in [1.29, 1.82) is 0 Å². The molecule has 0 spiro atoms. The van der Waals surface area contributed by atoms with Crippen LogP contribution in [0.4, 0.5) is 0 Å². The van der Waals surface area contributed by atoms with Gasteiger partial charge in [-0.1, -0.05) is 50.2 Å². The standard InChI is InChI=1S/C17H24N2/c1-13(2)12-19(3)17(11-18)16-9-8-14-6-4-5-7-15(14)10-16/h4-10,13,17H,11-12,18H2,1-3H3. The molecule has 0 aliphatic rings. The minimum absolute atomic E-state index is 0.298. The van der Waals surface area contributed by atoms with Crippen LogP contribution < -0.4 is 5.73 Å². The van der Waals surface area contributed by atoms with E-state index in [0.717, 1.165) is 6.54 Å². The zero-order valence-electron chi connectivity index (χ0n) is 12.1. The van der Waals surface area contributed by atoms with Crippen LogP contribution in [0, 0.1) is 5.92 Å². The molecule has 2 heteroatoms. The molecule has 2 N–H and O–H groups in total. The van der Waals surface area contributed by atoms with Crippen LogP contribution in [-0.4, -0.2) is 25.0 Å². The van der Waals surface area contributed by atoms with E-state index < -0.39 is 0 Å². The Balaban J connectivity index is 2.29.